The van der Waals surface area contributed by atoms with Crippen molar-refractivity contribution < 1.29 is 4.74 Å². The maximum atomic E-state index is 5.95. The summed E-state index contributed by atoms with van der Waals surface area (Å²) in [5, 5.41) is 1.10. The van der Waals surface area contributed by atoms with E-state index in [1.807, 2.05) is 48.5 Å². The topological polar surface area (TPSA) is 48.1 Å². The third kappa shape index (κ3) is 2.60. The second-order valence-corrected chi connectivity index (χ2v) is 5.31. The summed E-state index contributed by atoms with van der Waals surface area (Å²) in [7, 11) is 0. The molecule has 0 fully saturated rings. The molecule has 0 aliphatic heterocycles. The summed E-state index contributed by atoms with van der Waals surface area (Å²) in [5.74, 6) is 0.784. The SMILES string of the molecule is Nc1cccc(Br)c1COc1ccc2cccnc2c1. The summed E-state index contributed by atoms with van der Waals surface area (Å²) in [5.41, 5.74) is 8.55. The minimum absolute atomic E-state index is 0.422. The lowest BCUT2D eigenvalue weighted by Gasteiger charge is -2.10. The van der Waals surface area contributed by atoms with Crippen LogP contribution in [0.25, 0.3) is 10.9 Å². The molecule has 100 valence electrons. The van der Waals surface area contributed by atoms with Gasteiger partial charge in [0, 0.05) is 33.4 Å². The Morgan fingerprint density at radius 2 is 2.00 bits per heavy atom. The standard InChI is InChI=1S/C16H13BrN2O/c17-14-4-1-5-15(18)13(14)10-20-12-7-6-11-3-2-8-19-16(11)9-12/h1-9H,10,18H2. The summed E-state index contributed by atoms with van der Waals surface area (Å²) in [6, 6.07) is 15.5. The van der Waals surface area contributed by atoms with E-state index in [9.17, 15) is 0 Å². The average Bonchev–Trinajstić information content (AvgIpc) is 2.46. The highest BCUT2D eigenvalue weighted by Crippen LogP contribution is 2.25. The first-order valence-corrected chi connectivity index (χ1v) is 7.04. The van der Waals surface area contributed by atoms with Gasteiger partial charge in [-0.2, -0.15) is 0 Å². The van der Waals surface area contributed by atoms with Crippen molar-refractivity contribution in [2.45, 2.75) is 6.61 Å². The number of benzene rings is 2. The maximum absolute atomic E-state index is 5.95. The molecule has 0 aliphatic carbocycles. The molecule has 0 aliphatic rings. The van der Waals surface area contributed by atoms with Crippen molar-refractivity contribution in [2.24, 2.45) is 0 Å². The molecule has 0 atom stereocenters. The molecule has 20 heavy (non-hydrogen) atoms. The van der Waals surface area contributed by atoms with Gasteiger partial charge in [0.2, 0.25) is 0 Å². The van der Waals surface area contributed by atoms with Crippen LogP contribution in [0.3, 0.4) is 0 Å². The second kappa shape index (κ2) is 5.51. The molecular formula is C16H13BrN2O. The summed E-state index contributed by atoms with van der Waals surface area (Å²) in [4.78, 5) is 4.32. The van der Waals surface area contributed by atoms with E-state index >= 15 is 0 Å². The van der Waals surface area contributed by atoms with Crippen LogP contribution in [0.15, 0.2) is 59.2 Å². The number of hydrogen-bond donors (Lipinski definition) is 1. The Labute approximate surface area is 125 Å². The number of anilines is 1. The van der Waals surface area contributed by atoms with Crippen molar-refractivity contribution in [2.75, 3.05) is 5.73 Å². The minimum atomic E-state index is 0.422. The molecule has 0 spiro atoms. The molecular weight excluding hydrogens is 316 g/mol. The number of aromatic nitrogens is 1. The van der Waals surface area contributed by atoms with Gasteiger partial charge in [0.1, 0.15) is 12.4 Å². The van der Waals surface area contributed by atoms with Crippen LogP contribution in [0, 0.1) is 0 Å². The predicted molar refractivity (Wildman–Crippen MR) is 84.6 cm³/mol. The van der Waals surface area contributed by atoms with E-state index in [0.717, 1.165) is 32.4 Å². The van der Waals surface area contributed by atoms with Gasteiger partial charge in [-0.05, 0) is 30.3 Å². The highest BCUT2D eigenvalue weighted by atomic mass is 79.9. The zero-order valence-electron chi connectivity index (χ0n) is 10.7. The zero-order chi connectivity index (χ0) is 13.9. The minimum Gasteiger partial charge on any atom is -0.489 e. The fraction of sp³-hybridized carbons (Fsp3) is 0.0625. The highest BCUT2D eigenvalue weighted by Gasteiger charge is 2.05. The molecule has 2 N–H and O–H groups in total. The van der Waals surface area contributed by atoms with Gasteiger partial charge in [-0.1, -0.05) is 28.1 Å². The number of fused-ring (bicyclic) bond motifs is 1. The number of hydrogen-bond acceptors (Lipinski definition) is 3. The van der Waals surface area contributed by atoms with Gasteiger partial charge < -0.3 is 10.5 Å². The quantitative estimate of drug-likeness (QED) is 0.734. The van der Waals surface area contributed by atoms with Crippen LogP contribution in [0.1, 0.15) is 5.56 Å². The maximum Gasteiger partial charge on any atom is 0.122 e. The van der Waals surface area contributed by atoms with E-state index in [0.29, 0.717) is 6.61 Å². The summed E-state index contributed by atoms with van der Waals surface area (Å²) >= 11 is 3.49. The molecule has 0 bridgehead atoms. The summed E-state index contributed by atoms with van der Waals surface area (Å²) in [6.07, 6.45) is 1.78. The first kappa shape index (κ1) is 12.9. The molecule has 0 radical (unpaired) electrons. The number of pyridine rings is 1. The fourth-order valence-electron chi connectivity index (χ4n) is 2.02. The lowest BCUT2D eigenvalue weighted by molar-refractivity contribution is 0.306. The molecule has 0 amide bonds. The van der Waals surface area contributed by atoms with Crippen molar-refractivity contribution in [1.82, 2.24) is 4.98 Å². The molecule has 0 unspecified atom stereocenters. The van der Waals surface area contributed by atoms with Gasteiger partial charge in [0.15, 0.2) is 0 Å². The van der Waals surface area contributed by atoms with E-state index in [2.05, 4.69) is 20.9 Å². The molecule has 3 rings (SSSR count). The monoisotopic (exact) mass is 328 g/mol. The van der Waals surface area contributed by atoms with Gasteiger partial charge >= 0.3 is 0 Å². The third-order valence-electron chi connectivity index (χ3n) is 3.12. The van der Waals surface area contributed by atoms with E-state index < -0.39 is 0 Å². The Balaban J connectivity index is 1.83. The van der Waals surface area contributed by atoms with Gasteiger partial charge in [-0.3, -0.25) is 4.98 Å². The Kier molecular flexibility index (Phi) is 3.56. The number of nitrogens with two attached hydrogens (primary N) is 1. The van der Waals surface area contributed by atoms with Crippen molar-refractivity contribution in [3.8, 4) is 5.75 Å². The molecule has 1 heterocycles. The van der Waals surface area contributed by atoms with Crippen LogP contribution in [0.2, 0.25) is 0 Å². The van der Waals surface area contributed by atoms with Gasteiger partial charge in [-0.25, -0.2) is 0 Å². The predicted octanol–water partition coefficient (Wildman–Crippen LogP) is 4.16. The van der Waals surface area contributed by atoms with E-state index in [-0.39, 0.29) is 0 Å². The lowest BCUT2D eigenvalue weighted by Crippen LogP contribution is -2.01. The van der Waals surface area contributed by atoms with Gasteiger partial charge in [-0.15, -0.1) is 0 Å². The first-order valence-electron chi connectivity index (χ1n) is 6.24. The van der Waals surface area contributed by atoms with Crippen LogP contribution in [-0.2, 0) is 6.61 Å². The van der Waals surface area contributed by atoms with Crippen LogP contribution < -0.4 is 10.5 Å². The Hall–Kier alpha value is -2.07. The Morgan fingerprint density at radius 3 is 2.85 bits per heavy atom. The number of nitrogen functional groups attached to an aromatic ring is 1. The lowest BCUT2D eigenvalue weighted by atomic mass is 10.2. The highest BCUT2D eigenvalue weighted by molar-refractivity contribution is 9.10. The molecule has 3 aromatic rings. The molecule has 1 aromatic heterocycles. The van der Waals surface area contributed by atoms with E-state index in [4.69, 9.17) is 10.5 Å². The van der Waals surface area contributed by atoms with Crippen LogP contribution in [0.4, 0.5) is 5.69 Å². The largest absolute Gasteiger partial charge is 0.489 e. The second-order valence-electron chi connectivity index (χ2n) is 4.45. The van der Waals surface area contributed by atoms with Crippen molar-refractivity contribution in [3.63, 3.8) is 0 Å². The van der Waals surface area contributed by atoms with Gasteiger partial charge in [0.05, 0.1) is 5.52 Å². The molecule has 0 saturated heterocycles. The summed E-state index contributed by atoms with van der Waals surface area (Å²) in [6.45, 7) is 0.422. The van der Waals surface area contributed by atoms with E-state index in [1.54, 1.807) is 6.20 Å². The van der Waals surface area contributed by atoms with Crippen LogP contribution >= 0.6 is 15.9 Å². The van der Waals surface area contributed by atoms with Crippen molar-refractivity contribution in [1.29, 1.82) is 0 Å². The van der Waals surface area contributed by atoms with Crippen molar-refractivity contribution in [3.05, 3.63) is 64.8 Å². The smallest absolute Gasteiger partial charge is 0.122 e. The van der Waals surface area contributed by atoms with E-state index in [1.165, 1.54) is 0 Å². The Bertz CT molecular complexity index is 738. The van der Waals surface area contributed by atoms with Gasteiger partial charge in [0.25, 0.3) is 0 Å². The normalized spacial score (nSPS) is 10.7. The number of rotatable bonds is 3. The van der Waals surface area contributed by atoms with Crippen LogP contribution in [-0.4, -0.2) is 4.98 Å². The molecule has 4 heteroatoms. The zero-order valence-corrected chi connectivity index (χ0v) is 12.3. The Morgan fingerprint density at radius 1 is 1.10 bits per heavy atom. The third-order valence-corrected chi connectivity index (χ3v) is 3.86. The van der Waals surface area contributed by atoms with Crippen LogP contribution in [0.5, 0.6) is 5.75 Å². The summed E-state index contributed by atoms with van der Waals surface area (Å²) < 4.78 is 6.77. The first-order chi connectivity index (χ1) is 9.74. The fourth-order valence-corrected chi connectivity index (χ4v) is 2.52. The molecule has 2 aromatic carbocycles. The number of nitrogens with zero attached hydrogens (tertiary/aromatic N) is 1. The molecule has 3 nitrogen and oxygen atoms in total. The average molecular weight is 329 g/mol. The molecule has 0 saturated carbocycles. The number of ether oxygens (including phenoxy) is 1. The van der Waals surface area contributed by atoms with Crippen molar-refractivity contribution >= 4 is 32.5 Å². The number of halogens is 1.